The van der Waals surface area contributed by atoms with Gasteiger partial charge in [0.2, 0.25) is 0 Å². The molecule has 1 nitrogen and oxygen atoms in total. The van der Waals surface area contributed by atoms with Crippen LogP contribution in [0.1, 0.15) is 11.1 Å². The van der Waals surface area contributed by atoms with Gasteiger partial charge in [-0.25, -0.2) is 0 Å². The normalized spacial score (nSPS) is 9.64. The summed E-state index contributed by atoms with van der Waals surface area (Å²) in [6.45, 7) is 5.51. The van der Waals surface area contributed by atoms with Gasteiger partial charge in [0.1, 0.15) is 5.75 Å². The largest absolute Gasteiger partial charge is 0.508 e. The average Bonchev–Trinajstić information content (AvgIpc) is 1.99. The van der Waals surface area contributed by atoms with Crippen LogP contribution in [0.25, 0.3) is 6.08 Å². The Morgan fingerprint density at radius 2 is 2.18 bits per heavy atom. The predicted molar refractivity (Wildman–Crippen MR) is 50.6 cm³/mol. The van der Waals surface area contributed by atoms with E-state index in [1.807, 2.05) is 6.92 Å². The molecule has 0 aromatic heterocycles. The molecule has 0 radical (unpaired) electrons. The summed E-state index contributed by atoms with van der Waals surface area (Å²) in [5.74, 6) is 0.308. The molecule has 0 atom stereocenters. The molecular weight excluding hydrogens is 204 g/mol. The molecule has 0 amide bonds. The Morgan fingerprint density at radius 3 is 2.64 bits per heavy atom. The van der Waals surface area contributed by atoms with Crippen molar-refractivity contribution in [2.45, 2.75) is 6.92 Å². The van der Waals surface area contributed by atoms with Crippen molar-refractivity contribution < 1.29 is 5.11 Å². The first-order valence-corrected chi connectivity index (χ1v) is 4.06. The van der Waals surface area contributed by atoms with E-state index in [1.165, 1.54) is 0 Å². The molecule has 1 N–H and O–H groups in total. The van der Waals surface area contributed by atoms with Crippen LogP contribution in [0.2, 0.25) is 0 Å². The van der Waals surface area contributed by atoms with Gasteiger partial charge in [0.25, 0.3) is 0 Å². The highest BCUT2D eigenvalue weighted by atomic mass is 79.9. The Kier molecular flexibility index (Phi) is 2.35. The van der Waals surface area contributed by atoms with E-state index in [4.69, 9.17) is 0 Å². The van der Waals surface area contributed by atoms with E-state index < -0.39 is 0 Å². The van der Waals surface area contributed by atoms with Crippen LogP contribution < -0.4 is 0 Å². The van der Waals surface area contributed by atoms with E-state index in [9.17, 15) is 5.11 Å². The molecule has 1 aromatic rings. The van der Waals surface area contributed by atoms with Crippen molar-refractivity contribution in [3.8, 4) is 5.75 Å². The van der Waals surface area contributed by atoms with Crippen LogP contribution in [0.3, 0.4) is 0 Å². The van der Waals surface area contributed by atoms with Crippen molar-refractivity contribution in [3.63, 3.8) is 0 Å². The molecule has 0 spiro atoms. The van der Waals surface area contributed by atoms with E-state index in [0.29, 0.717) is 5.75 Å². The Bertz CT molecular complexity index is 292. The van der Waals surface area contributed by atoms with Gasteiger partial charge >= 0.3 is 0 Å². The van der Waals surface area contributed by atoms with E-state index in [2.05, 4.69) is 22.5 Å². The fourth-order valence-electron chi connectivity index (χ4n) is 0.935. The van der Waals surface area contributed by atoms with Gasteiger partial charge in [0.05, 0.1) is 0 Å². The van der Waals surface area contributed by atoms with Crippen molar-refractivity contribution >= 4 is 22.0 Å². The van der Waals surface area contributed by atoms with Crippen molar-refractivity contribution in [1.82, 2.24) is 0 Å². The molecule has 0 unspecified atom stereocenters. The molecule has 0 aliphatic carbocycles. The highest BCUT2D eigenvalue weighted by Crippen LogP contribution is 2.27. The van der Waals surface area contributed by atoms with Gasteiger partial charge in [-0.2, -0.15) is 0 Å². The molecule has 0 heterocycles. The van der Waals surface area contributed by atoms with Crippen LogP contribution in [0.5, 0.6) is 5.75 Å². The molecule has 0 fully saturated rings. The van der Waals surface area contributed by atoms with Crippen molar-refractivity contribution in [1.29, 1.82) is 0 Å². The van der Waals surface area contributed by atoms with Gasteiger partial charge < -0.3 is 5.11 Å². The number of rotatable bonds is 1. The minimum atomic E-state index is 0.308. The highest BCUT2D eigenvalue weighted by Gasteiger charge is 2.02. The number of hydrogen-bond acceptors (Lipinski definition) is 1. The molecule has 11 heavy (non-hydrogen) atoms. The van der Waals surface area contributed by atoms with E-state index in [0.717, 1.165) is 15.6 Å². The summed E-state index contributed by atoms with van der Waals surface area (Å²) in [4.78, 5) is 0. The number of phenols is 1. The summed E-state index contributed by atoms with van der Waals surface area (Å²) in [6, 6.07) is 3.46. The standard InChI is InChI=1S/C9H9BrO/c1-3-7-6(2)9(11)5-4-8(7)10/h3-5,11H,1H2,2H3. The van der Waals surface area contributed by atoms with Crippen LogP contribution in [-0.4, -0.2) is 5.11 Å². The zero-order valence-electron chi connectivity index (χ0n) is 6.26. The number of halogens is 1. The third kappa shape index (κ3) is 1.46. The molecule has 1 aromatic carbocycles. The maximum absolute atomic E-state index is 9.29. The first-order valence-electron chi connectivity index (χ1n) is 3.27. The molecule has 0 saturated heterocycles. The monoisotopic (exact) mass is 212 g/mol. The summed E-state index contributed by atoms with van der Waals surface area (Å²) < 4.78 is 0.961. The van der Waals surface area contributed by atoms with E-state index >= 15 is 0 Å². The minimum absolute atomic E-state index is 0.308. The number of phenolic OH excluding ortho intramolecular Hbond substituents is 1. The zero-order valence-corrected chi connectivity index (χ0v) is 7.85. The molecular formula is C9H9BrO. The minimum Gasteiger partial charge on any atom is -0.508 e. The third-order valence-corrected chi connectivity index (χ3v) is 2.33. The highest BCUT2D eigenvalue weighted by molar-refractivity contribution is 9.10. The summed E-state index contributed by atoms with van der Waals surface area (Å²) >= 11 is 3.36. The summed E-state index contributed by atoms with van der Waals surface area (Å²) in [6.07, 6.45) is 1.72. The smallest absolute Gasteiger partial charge is 0.119 e. The topological polar surface area (TPSA) is 20.2 Å². The van der Waals surface area contributed by atoms with Crippen molar-refractivity contribution in [2.24, 2.45) is 0 Å². The first-order chi connectivity index (χ1) is 5.16. The Balaban J connectivity index is 3.40. The zero-order chi connectivity index (χ0) is 8.43. The molecule has 0 bridgehead atoms. The number of aromatic hydroxyl groups is 1. The molecule has 0 saturated carbocycles. The lowest BCUT2D eigenvalue weighted by Crippen LogP contribution is -1.82. The van der Waals surface area contributed by atoms with E-state index in [-0.39, 0.29) is 0 Å². The van der Waals surface area contributed by atoms with Gasteiger partial charge in [0, 0.05) is 4.47 Å². The fraction of sp³-hybridized carbons (Fsp3) is 0.111. The summed E-state index contributed by atoms with van der Waals surface area (Å²) in [5, 5.41) is 9.29. The van der Waals surface area contributed by atoms with Gasteiger partial charge in [-0.05, 0) is 30.2 Å². The maximum atomic E-state index is 9.29. The predicted octanol–water partition coefficient (Wildman–Crippen LogP) is 3.11. The number of benzene rings is 1. The Hall–Kier alpha value is -0.760. The summed E-state index contributed by atoms with van der Waals surface area (Å²) in [7, 11) is 0. The van der Waals surface area contributed by atoms with Crippen LogP contribution in [0.4, 0.5) is 0 Å². The molecule has 58 valence electrons. The average molecular weight is 213 g/mol. The van der Waals surface area contributed by atoms with Gasteiger partial charge in [-0.3, -0.25) is 0 Å². The molecule has 1 rings (SSSR count). The van der Waals surface area contributed by atoms with Crippen LogP contribution in [0.15, 0.2) is 23.2 Å². The second-order valence-electron chi connectivity index (χ2n) is 2.31. The first kappa shape index (κ1) is 8.34. The van der Waals surface area contributed by atoms with Crippen LogP contribution >= 0.6 is 15.9 Å². The molecule has 0 aliphatic heterocycles. The lowest BCUT2D eigenvalue weighted by atomic mass is 10.1. The van der Waals surface area contributed by atoms with Gasteiger partial charge in [-0.15, -0.1) is 0 Å². The van der Waals surface area contributed by atoms with Gasteiger partial charge in [0.15, 0.2) is 0 Å². The van der Waals surface area contributed by atoms with Crippen LogP contribution in [-0.2, 0) is 0 Å². The Morgan fingerprint density at radius 1 is 1.55 bits per heavy atom. The second-order valence-corrected chi connectivity index (χ2v) is 3.16. The number of hydrogen-bond donors (Lipinski definition) is 1. The van der Waals surface area contributed by atoms with Gasteiger partial charge in [-0.1, -0.05) is 28.6 Å². The summed E-state index contributed by atoms with van der Waals surface area (Å²) in [5.41, 5.74) is 1.80. The fourth-order valence-corrected chi connectivity index (χ4v) is 1.53. The Labute approximate surface area is 74.5 Å². The van der Waals surface area contributed by atoms with Crippen molar-refractivity contribution in [2.75, 3.05) is 0 Å². The second kappa shape index (κ2) is 3.09. The molecule has 2 heteroatoms. The van der Waals surface area contributed by atoms with E-state index in [1.54, 1.807) is 18.2 Å². The van der Waals surface area contributed by atoms with Crippen LogP contribution in [0, 0.1) is 6.92 Å². The van der Waals surface area contributed by atoms with Crippen molar-refractivity contribution in [3.05, 3.63) is 34.3 Å². The lowest BCUT2D eigenvalue weighted by molar-refractivity contribution is 0.471. The quantitative estimate of drug-likeness (QED) is 0.759. The maximum Gasteiger partial charge on any atom is 0.119 e. The lowest BCUT2D eigenvalue weighted by Gasteiger charge is -2.04. The molecule has 0 aliphatic rings. The SMILES string of the molecule is C=Cc1c(Br)ccc(O)c1C. The third-order valence-electron chi connectivity index (χ3n) is 1.64.